The lowest BCUT2D eigenvalue weighted by Crippen LogP contribution is -2.46. The lowest BCUT2D eigenvalue weighted by Gasteiger charge is -2.45. The van der Waals surface area contributed by atoms with Crippen molar-refractivity contribution in [1.82, 2.24) is 4.90 Å². The Morgan fingerprint density at radius 2 is 1.87 bits per heavy atom. The Hall–Kier alpha value is 0.440. The van der Waals surface area contributed by atoms with Gasteiger partial charge in [0.25, 0.3) is 0 Å². The molecule has 1 nitrogen and oxygen atoms in total. The fraction of sp³-hybridized carbons (Fsp3) is 1.00. The minimum atomic E-state index is 0.638. The van der Waals surface area contributed by atoms with Crippen molar-refractivity contribution in [3.05, 3.63) is 0 Å². The molecule has 0 bridgehead atoms. The van der Waals surface area contributed by atoms with Crippen LogP contribution in [0.3, 0.4) is 0 Å². The number of alkyl halides is 1. The van der Waals surface area contributed by atoms with E-state index >= 15 is 0 Å². The molecule has 88 valence electrons. The lowest BCUT2D eigenvalue weighted by atomic mass is 9.70. The van der Waals surface area contributed by atoms with Crippen molar-refractivity contribution < 1.29 is 0 Å². The van der Waals surface area contributed by atoms with Crippen LogP contribution >= 0.6 is 15.9 Å². The molecule has 0 amide bonds. The van der Waals surface area contributed by atoms with Gasteiger partial charge in [-0.3, -0.25) is 0 Å². The summed E-state index contributed by atoms with van der Waals surface area (Å²) in [4.78, 5) is 2.76. The molecule has 2 heteroatoms. The van der Waals surface area contributed by atoms with Crippen LogP contribution in [0.15, 0.2) is 0 Å². The van der Waals surface area contributed by atoms with Gasteiger partial charge in [-0.25, -0.2) is 0 Å². The third-order valence-corrected chi connectivity index (χ3v) is 5.67. The molecule has 0 aliphatic heterocycles. The van der Waals surface area contributed by atoms with Gasteiger partial charge in [-0.05, 0) is 37.6 Å². The van der Waals surface area contributed by atoms with Crippen molar-refractivity contribution in [1.29, 1.82) is 0 Å². The second-order valence-electron chi connectivity index (χ2n) is 5.49. The van der Waals surface area contributed by atoms with Crippen LogP contribution in [-0.2, 0) is 0 Å². The second-order valence-corrected chi connectivity index (χ2v) is 6.05. The van der Waals surface area contributed by atoms with Crippen LogP contribution in [0, 0.1) is 5.41 Å². The summed E-state index contributed by atoms with van der Waals surface area (Å²) in [5.74, 6) is 0. The Morgan fingerprint density at radius 1 is 1.20 bits per heavy atom. The van der Waals surface area contributed by atoms with Gasteiger partial charge < -0.3 is 4.90 Å². The summed E-state index contributed by atoms with van der Waals surface area (Å²) >= 11 is 3.72. The third kappa shape index (κ3) is 2.58. The number of nitrogens with zero attached hydrogens (tertiary/aromatic N) is 1. The van der Waals surface area contributed by atoms with Gasteiger partial charge in [0.2, 0.25) is 0 Å². The van der Waals surface area contributed by atoms with E-state index < -0.39 is 0 Å². The molecule has 0 aromatic carbocycles. The molecular weight excluding hydrogens is 250 g/mol. The van der Waals surface area contributed by atoms with Gasteiger partial charge in [0.1, 0.15) is 0 Å². The normalized spacial score (nSPS) is 25.8. The van der Waals surface area contributed by atoms with Gasteiger partial charge in [0.05, 0.1) is 0 Å². The first-order chi connectivity index (χ1) is 7.29. The van der Waals surface area contributed by atoms with Crippen molar-refractivity contribution in [2.24, 2.45) is 5.41 Å². The second kappa shape index (κ2) is 5.18. The highest BCUT2D eigenvalue weighted by molar-refractivity contribution is 9.09. The molecule has 2 fully saturated rings. The summed E-state index contributed by atoms with van der Waals surface area (Å²) in [6.45, 7) is 4.93. The van der Waals surface area contributed by atoms with E-state index in [4.69, 9.17) is 0 Å². The maximum absolute atomic E-state index is 3.72. The van der Waals surface area contributed by atoms with Gasteiger partial charge in [-0.15, -0.1) is 0 Å². The summed E-state index contributed by atoms with van der Waals surface area (Å²) in [5.41, 5.74) is 0.638. The maximum Gasteiger partial charge on any atom is 0.0100 e. The van der Waals surface area contributed by atoms with Gasteiger partial charge in [0.15, 0.2) is 0 Å². The summed E-state index contributed by atoms with van der Waals surface area (Å²) in [5, 5.41) is 1.21. The van der Waals surface area contributed by atoms with E-state index in [0.717, 1.165) is 6.04 Å². The van der Waals surface area contributed by atoms with Gasteiger partial charge in [0, 0.05) is 17.9 Å². The van der Waals surface area contributed by atoms with Gasteiger partial charge in [-0.2, -0.15) is 0 Å². The smallest absolute Gasteiger partial charge is 0.0100 e. The first-order valence-electron chi connectivity index (χ1n) is 6.60. The summed E-state index contributed by atoms with van der Waals surface area (Å²) in [6, 6.07) is 0.909. The number of hydrogen-bond acceptors (Lipinski definition) is 1. The Balaban J connectivity index is 1.89. The van der Waals surface area contributed by atoms with Crippen molar-refractivity contribution in [3.63, 3.8) is 0 Å². The van der Waals surface area contributed by atoms with E-state index in [9.17, 15) is 0 Å². The molecule has 2 saturated carbocycles. The van der Waals surface area contributed by atoms with Crippen LogP contribution in [-0.4, -0.2) is 29.4 Å². The number of halogens is 1. The zero-order valence-corrected chi connectivity index (χ0v) is 11.6. The first kappa shape index (κ1) is 11.9. The summed E-state index contributed by atoms with van der Waals surface area (Å²) in [6.07, 6.45) is 10.2. The molecule has 0 aromatic rings. The SMILES string of the molecule is CCN(CC1(CBr)CCC1)C1CCCC1. The molecule has 2 aliphatic rings. The van der Waals surface area contributed by atoms with Crippen LogP contribution in [0.4, 0.5) is 0 Å². The van der Waals surface area contributed by atoms with E-state index in [0.29, 0.717) is 5.41 Å². The zero-order chi connectivity index (χ0) is 10.7. The first-order valence-corrected chi connectivity index (χ1v) is 7.72. The van der Waals surface area contributed by atoms with Crippen molar-refractivity contribution in [3.8, 4) is 0 Å². The van der Waals surface area contributed by atoms with E-state index in [2.05, 4.69) is 27.8 Å². The Kier molecular flexibility index (Phi) is 4.11. The van der Waals surface area contributed by atoms with Crippen molar-refractivity contribution in [2.45, 2.75) is 57.9 Å². The maximum atomic E-state index is 3.72. The fourth-order valence-electron chi connectivity index (χ4n) is 3.21. The fourth-order valence-corrected chi connectivity index (χ4v) is 3.95. The molecule has 0 spiro atoms. The molecule has 15 heavy (non-hydrogen) atoms. The van der Waals surface area contributed by atoms with E-state index in [1.165, 1.54) is 63.4 Å². The topological polar surface area (TPSA) is 3.24 Å². The van der Waals surface area contributed by atoms with Crippen LogP contribution < -0.4 is 0 Å². The van der Waals surface area contributed by atoms with E-state index in [1.54, 1.807) is 0 Å². The lowest BCUT2D eigenvalue weighted by molar-refractivity contribution is 0.0694. The molecule has 0 N–H and O–H groups in total. The molecule has 0 unspecified atom stereocenters. The van der Waals surface area contributed by atoms with Crippen molar-refractivity contribution in [2.75, 3.05) is 18.4 Å². The number of rotatable bonds is 5. The molecule has 2 aliphatic carbocycles. The minimum Gasteiger partial charge on any atom is -0.300 e. The zero-order valence-electron chi connectivity index (χ0n) is 9.97. The molecule has 0 heterocycles. The summed E-state index contributed by atoms with van der Waals surface area (Å²) in [7, 11) is 0. The predicted molar refractivity (Wildman–Crippen MR) is 69.6 cm³/mol. The third-order valence-electron chi connectivity index (χ3n) is 4.48. The minimum absolute atomic E-state index is 0.638. The Bertz CT molecular complexity index is 189. The van der Waals surface area contributed by atoms with E-state index in [-0.39, 0.29) is 0 Å². The molecule has 0 radical (unpaired) electrons. The van der Waals surface area contributed by atoms with E-state index in [1.807, 2.05) is 0 Å². The van der Waals surface area contributed by atoms with Crippen LogP contribution in [0.5, 0.6) is 0 Å². The quantitative estimate of drug-likeness (QED) is 0.689. The Morgan fingerprint density at radius 3 is 2.27 bits per heavy atom. The monoisotopic (exact) mass is 273 g/mol. The predicted octanol–water partition coefficient (Wildman–Crippen LogP) is 3.82. The van der Waals surface area contributed by atoms with Gasteiger partial charge >= 0.3 is 0 Å². The average molecular weight is 274 g/mol. The molecule has 0 atom stereocenters. The van der Waals surface area contributed by atoms with Crippen LogP contribution in [0.1, 0.15) is 51.9 Å². The highest BCUT2D eigenvalue weighted by atomic mass is 79.9. The molecule has 2 rings (SSSR count). The summed E-state index contributed by atoms with van der Waals surface area (Å²) < 4.78 is 0. The van der Waals surface area contributed by atoms with Gasteiger partial charge in [-0.1, -0.05) is 42.1 Å². The highest BCUT2D eigenvalue weighted by Crippen LogP contribution is 2.43. The highest BCUT2D eigenvalue weighted by Gasteiger charge is 2.38. The Labute approximate surface area is 103 Å². The van der Waals surface area contributed by atoms with Crippen LogP contribution in [0.25, 0.3) is 0 Å². The molecular formula is C13H24BrN. The largest absolute Gasteiger partial charge is 0.300 e. The average Bonchev–Trinajstić information content (AvgIpc) is 2.71. The standard InChI is InChI=1S/C13H24BrN/c1-2-15(12-6-3-4-7-12)11-13(10-14)8-5-9-13/h12H,2-11H2,1H3. The number of hydrogen-bond donors (Lipinski definition) is 0. The molecule has 0 saturated heterocycles. The molecule has 0 aromatic heterocycles. The van der Waals surface area contributed by atoms with Crippen molar-refractivity contribution >= 4 is 15.9 Å². The van der Waals surface area contributed by atoms with Crippen LogP contribution in [0.2, 0.25) is 0 Å².